The summed E-state index contributed by atoms with van der Waals surface area (Å²) in [5, 5.41) is 5.04. The van der Waals surface area contributed by atoms with Crippen LogP contribution in [0.4, 0.5) is 0 Å². The van der Waals surface area contributed by atoms with Gasteiger partial charge >= 0.3 is 0 Å². The summed E-state index contributed by atoms with van der Waals surface area (Å²) >= 11 is 0. The molecule has 1 fully saturated rings. The largest absolute Gasteiger partial charge is 0.486 e. The third kappa shape index (κ3) is 3.16. The fourth-order valence-electron chi connectivity index (χ4n) is 4.51. The second-order valence-electron chi connectivity index (χ2n) is 8.50. The number of nitrogens with zero attached hydrogens (tertiary/aromatic N) is 2. The van der Waals surface area contributed by atoms with Gasteiger partial charge in [0.2, 0.25) is 5.91 Å². The van der Waals surface area contributed by atoms with E-state index >= 15 is 0 Å². The van der Waals surface area contributed by atoms with Crippen molar-refractivity contribution in [3.63, 3.8) is 0 Å². The highest BCUT2D eigenvalue weighted by Gasteiger charge is 2.43. The fraction of sp³-hybridized carbons (Fsp3) is 0.375. The van der Waals surface area contributed by atoms with Crippen molar-refractivity contribution in [2.24, 2.45) is 0 Å². The second-order valence-corrected chi connectivity index (χ2v) is 8.50. The van der Waals surface area contributed by atoms with Crippen LogP contribution in [0.15, 0.2) is 40.9 Å². The topological polar surface area (TPSA) is 72.6 Å². The Bertz CT molecular complexity index is 1160. The number of Topliss-reactive ketones (excluding diaryl/α,β-unsaturated/α-hetero) is 1. The Morgan fingerprint density at radius 2 is 1.87 bits per heavy atom. The van der Waals surface area contributed by atoms with Crippen molar-refractivity contribution >= 4 is 22.7 Å². The highest BCUT2D eigenvalue weighted by molar-refractivity contribution is 6.00. The van der Waals surface area contributed by atoms with Gasteiger partial charge in [-0.3, -0.25) is 9.59 Å². The number of carbonyl (C=O) groups is 2. The first kappa shape index (κ1) is 18.9. The van der Waals surface area contributed by atoms with Crippen LogP contribution in [0.2, 0.25) is 0 Å². The molecule has 0 radical (unpaired) electrons. The molecule has 1 spiro atoms. The molecule has 2 aromatic carbocycles. The monoisotopic (exact) mass is 404 g/mol. The van der Waals surface area contributed by atoms with Crippen LogP contribution in [-0.4, -0.2) is 40.4 Å². The fourth-order valence-corrected chi connectivity index (χ4v) is 4.51. The second kappa shape index (κ2) is 6.97. The minimum Gasteiger partial charge on any atom is -0.486 e. The van der Waals surface area contributed by atoms with E-state index in [9.17, 15) is 9.59 Å². The van der Waals surface area contributed by atoms with Crippen LogP contribution >= 0.6 is 0 Å². The molecule has 1 amide bonds. The molecule has 6 nitrogen and oxygen atoms in total. The summed E-state index contributed by atoms with van der Waals surface area (Å²) < 4.78 is 11.7. The van der Waals surface area contributed by atoms with Gasteiger partial charge in [-0.15, -0.1) is 0 Å². The van der Waals surface area contributed by atoms with Gasteiger partial charge < -0.3 is 14.2 Å². The predicted molar refractivity (Wildman–Crippen MR) is 112 cm³/mol. The minimum absolute atomic E-state index is 0.0285. The number of hydrogen-bond acceptors (Lipinski definition) is 5. The predicted octanol–water partition coefficient (Wildman–Crippen LogP) is 4.01. The normalized spacial score (nSPS) is 17.8. The van der Waals surface area contributed by atoms with Gasteiger partial charge in [-0.1, -0.05) is 17.3 Å². The number of ketones is 1. The average Bonchev–Trinajstić information content (AvgIpc) is 3.10. The number of amides is 1. The summed E-state index contributed by atoms with van der Waals surface area (Å²) in [6.07, 6.45) is 1.89. The van der Waals surface area contributed by atoms with E-state index in [1.807, 2.05) is 55.1 Å². The molecule has 2 aliphatic heterocycles. The van der Waals surface area contributed by atoms with Crippen LogP contribution in [0.25, 0.3) is 11.0 Å². The van der Waals surface area contributed by atoms with E-state index in [-0.39, 0.29) is 18.1 Å². The number of carbonyl (C=O) groups excluding carboxylic acids is 2. The first-order valence-electron chi connectivity index (χ1n) is 10.4. The molecule has 6 heteroatoms. The molecule has 0 bridgehead atoms. The van der Waals surface area contributed by atoms with E-state index in [2.05, 4.69) is 5.16 Å². The molecule has 30 heavy (non-hydrogen) atoms. The lowest BCUT2D eigenvalue weighted by Crippen LogP contribution is -2.52. The molecule has 0 unspecified atom stereocenters. The van der Waals surface area contributed by atoms with Gasteiger partial charge in [-0.05, 0) is 49.2 Å². The van der Waals surface area contributed by atoms with Crippen LogP contribution in [0.3, 0.4) is 0 Å². The maximum atomic E-state index is 12.9. The van der Waals surface area contributed by atoms with E-state index in [1.54, 1.807) is 0 Å². The lowest BCUT2D eigenvalue weighted by molar-refractivity contribution is -0.134. The van der Waals surface area contributed by atoms with Crippen molar-refractivity contribution in [3.8, 4) is 5.75 Å². The Labute approximate surface area is 174 Å². The van der Waals surface area contributed by atoms with Crippen molar-refractivity contribution in [2.75, 3.05) is 13.1 Å². The average molecular weight is 404 g/mol. The van der Waals surface area contributed by atoms with Gasteiger partial charge in [0.1, 0.15) is 17.0 Å². The van der Waals surface area contributed by atoms with Gasteiger partial charge in [0.05, 0.1) is 18.4 Å². The number of fused-ring (bicyclic) bond motifs is 2. The number of benzene rings is 2. The minimum atomic E-state index is -0.503. The quantitative estimate of drug-likeness (QED) is 0.645. The van der Waals surface area contributed by atoms with Crippen molar-refractivity contribution in [1.82, 2.24) is 10.1 Å². The summed E-state index contributed by atoms with van der Waals surface area (Å²) in [5.41, 5.74) is 3.84. The molecular weight excluding hydrogens is 380 g/mol. The SMILES string of the molecule is Cc1cc2onc(CC(=O)N3CCC4(CC3)CC(=O)c3ccccc3O4)c2cc1C. The summed E-state index contributed by atoms with van der Waals surface area (Å²) in [7, 11) is 0. The zero-order chi connectivity index (χ0) is 20.9. The summed E-state index contributed by atoms with van der Waals surface area (Å²) in [6.45, 7) is 5.22. The smallest absolute Gasteiger partial charge is 0.228 e. The van der Waals surface area contributed by atoms with Crippen LogP contribution in [0.1, 0.15) is 46.4 Å². The highest BCUT2D eigenvalue weighted by atomic mass is 16.5. The standard InChI is InChI=1S/C24H24N2O4/c1-15-11-18-19(25-30-22(18)12-16(15)2)13-23(28)26-9-7-24(8-10-26)14-20(27)17-5-3-4-6-21(17)29-24/h3-6,11-12H,7-10,13-14H2,1-2H3. The molecular formula is C24H24N2O4. The van der Waals surface area contributed by atoms with Crippen molar-refractivity contribution in [2.45, 2.75) is 45.1 Å². The number of rotatable bonds is 2. The molecule has 0 N–H and O–H groups in total. The van der Waals surface area contributed by atoms with Crippen LogP contribution in [-0.2, 0) is 11.2 Å². The molecule has 1 saturated heterocycles. The Kier molecular flexibility index (Phi) is 4.38. The first-order chi connectivity index (χ1) is 14.4. The van der Waals surface area contributed by atoms with Gasteiger partial charge in [-0.25, -0.2) is 0 Å². The van der Waals surface area contributed by atoms with E-state index in [4.69, 9.17) is 9.26 Å². The Morgan fingerprint density at radius 3 is 2.67 bits per heavy atom. The van der Waals surface area contributed by atoms with Gasteiger partial charge in [0.15, 0.2) is 11.4 Å². The van der Waals surface area contributed by atoms with Crippen molar-refractivity contribution in [1.29, 1.82) is 0 Å². The molecule has 5 rings (SSSR count). The van der Waals surface area contributed by atoms with Gasteiger partial charge in [0.25, 0.3) is 0 Å². The molecule has 0 atom stereocenters. The molecule has 0 saturated carbocycles. The zero-order valence-electron chi connectivity index (χ0n) is 17.2. The molecule has 3 heterocycles. The summed E-state index contributed by atoms with van der Waals surface area (Å²) in [5.74, 6) is 0.811. The number of ether oxygens (including phenoxy) is 1. The van der Waals surface area contributed by atoms with E-state index in [1.165, 1.54) is 0 Å². The Balaban J connectivity index is 1.28. The van der Waals surface area contributed by atoms with Gasteiger partial charge in [-0.2, -0.15) is 0 Å². The van der Waals surface area contributed by atoms with E-state index < -0.39 is 5.60 Å². The number of hydrogen-bond donors (Lipinski definition) is 0. The lowest BCUT2D eigenvalue weighted by Gasteiger charge is -2.43. The van der Waals surface area contributed by atoms with E-state index in [0.29, 0.717) is 54.9 Å². The van der Waals surface area contributed by atoms with Crippen LogP contribution in [0.5, 0.6) is 5.75 Å². The first-order valence-corrected chi connectivity index (χ1v) is 10.4. The van der Waals surface area contributed by atoms with Crippen LogP contribution in [0, 0.1) is 13.8 Å². The van der Waals surface area contributed by atoms with Crippen LogP contribution < -0.4 is 4.74 Å². The number of aryl methyl sites for hydroxylation is 2. The molecule has 0 aliphatic carbocycles. The summed E-state index contributed by atoms with van der Waals surface area (Å²) in [4.78, 5) is 27.4. The maximum Gasteiger partial charge on any atom is 0.228 e. The maximum absolute atomic E-state index is 12.9. The third-order valence-electron chi connectivity index (χ3n) is 6.50. The van der Waals surface area contributed by atoms with Crippen molar-refractivity contribution in [3.05, 3.63) is 58.8 Å². The molecule has 3 aromatic rings. The van der Waals surface area contributed by atoms with E-state index in [0.717, 1.165) is 16.5 Å². The number of para-hydroxylation sites is 1. The molecule has 2 aliphatic rings. The molecule has 154 valence electrons. The van der Waals surface area contributed by atoms with Gasteiger partial charge in [0, 0.05) is 31.3 Å². The number of piperidine rings is 1. The zero-order valence-corrected chi connectivity index (χ0v) is 17.2. The lowest BCUT2D eigenvalue weighted by atomic mass is 9.82. The third-order valence-corrected chi connectivity index (χ3v) is 6.50. The Hall–Kier alpha value is -3.15. The number of aromatic nitrogens is 1. The Morgan fingerprint density at radius 1 is 1.13 bits per heavy atom. The number of likely N-dealkylation sites (tertiary alicyclic amines) is 1. The molecule has 1 aromatic heterocycles. The summed E-state index contributed by atoms with van der Waals surface area (Å²) in [6, 6.07) is 11.4. The van der Waals surface area contributed by atoms with Crippen molar-refractivity contribution < 1.29 is 18.8 Å². The highest BCUT2D eigenvalue weighted by Crippen LogP contribution is 2.39.